The maximum atomic E-state index is 5.95. The van der Waals surface area contributed by atoms with Gasteiger partial charge in [-0.1, -0.05) is 30.3 Å². The molecule has 1 aromatic carbocycles. The maximum absolute atomic E-state index is 5.95. The van der Waals surface area contributed by atoms with Crippen molar-refractivity contribution >= 4 is 0 Å². The second-order valence-corrected chi connectivity index (χ2v) is 5.03. The number of hydrogen-bond acceptors (Lipinski definition) is 4. The molecule has 1 aliphatic rings. The smallest absolute Gasteiger partial charge is 0.163 e. The van der Waals surface area contributed by atoms with E-state index in [1.807, 2.05) is 44.2 Å². The van der Waals surface area contributed by atoms with Crippen LogP contribution in [0.4, 0.5) is 0 Å². The fourth-order valence-electron chi connectivity index (χ4n) is 1.91. The zero-order chi connectivity index (χ0) is 13.0. The lowest BCUT2D eigenvalue weighted by Crippen LogP contribution is -2.54. The standard InChI is InChI=1S/C14H21NO3/c1-14(2)17-9-12(15)13(18-14)10-16-8-11-6-4-3-5-7-11/h3-7,12-13H,8-10,15H2,1-2H3/t12-,13+/m1/s1. The van der Waals surface area contributed by atoms with Crippen molar-refractivity contribution in [2.75, 3.05) is 13.2 Å². The first-order valence-electron chi connectivity index (χ1n) is 6.26. The van der Waals surface area contributed by atoms with Gasteiger partial charge in [-0.3, -0.25) is 0 Å². The van der Waals surface area contributed by atoms with Crippen LogP contribution in [0, 0.1) is 0 Å². The lowest BCUT2D eigenvalue weighted by atomic mass is 10.1. The summed E-state index contributed by atoms with van der Waals surface area (Å²) in [4.78, 5) is 0. The Kier molecular flexibility index (Phi) is 4.35. The molecule has 2 rings (SSSR count). The second-order valence-electron chi connectivity index (χ2n) is 5.03. The predicted molar refractivity (Wildman–Crippen MR) is 69.0 cm³/mol. The van der Waals surface area contributed by atoms with Crippen molar-refractivity contribution in [1.29, 1.82) is 0 Å². The summed E-state index contributed by atoms with van der Waals surface area (Å²) in [5.74, 6) is -0.573. The quantitative estimate of drug-likeness (QED) is 0.884. The lowest BCUT2D eigenvalue weighted by molar-refractivity contribution is -0.286. The molecule has 0 amide bonds. The molecule has 2 atom stereocenters. The van der Waals surface area contributed by atoms with E-state index in [0.29, 0.717) is 19.8 Å². The van der Waals surface area contributed by atoms with Crippen LogP contribution in [0.15, 0.2) is 30.3 Å². The highest BCUT2D eigenvalue weighted by atomic mass is 16.7. The Balaban J connectivity index is 1.79. The average Bonchev–Trinajstić information content (AvgIpc) is 2.35. The number of hydrogen-bond donors (Lipinski definition) is 1. The van der Waals surface area contributed by atoms with Crippen molar-refractivity contribution in [1.82, 2.24) is 0 Å². The summed E-state index contributed by atoms with van der Waals surface area (Å²) in [5.41, 5.74) is 7.10. The van der Waals surface area contributed by atoms with Gasteiger partial charge in [-0.15, -0.1) is 0 Å². The number of nitrogens with two attached hydrogens (primary N) is 1. The molecule has 0 unspecified atom stereocenters. The van der Waals surface area contributed by atoms with E-state index in [2.05, 4.69) is 0 Å². The van der Waals surface area contributed by atoms with Crippen LogP contribution in [0.3, 0.4) is 0 Å². The Morgan fingerprint density at radius 1 is 1.33 bits per heavy atom. The molecule has 18 heavy (non-hydrogen) atoms. The van der Waals surface area contributed by atoms with Crippen molar-refractivity contribution in [2.24, 2.45) is 5.73 Å². The van der Waals surface area contributed by atoms with E-state index in [-0.39, 0.29) is 12.1 Å². The SMILES string of the molecule is CC1(C)OC[C@@H](N)[C@H](COCc2ccccc2)O1. The molecule has 1 heterocycles. The van der Waals surface area contributed by atoms with Crippen LogP contribution >= 0.6 is 0 Å². The average molecular weight is 251 g/mol. The van der Waals surface area contributed by atoms with E-state index in [4.69, 9.17) is 19.9 Å². The van der Waals surface area contributed by atoms with Gasteiger partial charge < -0.3 is 19.9 Å². The minimum absolute atomic E-state index is 0.113. The van der Waals surface area contributed by atoms with E-state index in [0.717, 1.165) is 5.56 Å². The van der Waals surface area contributed by atoms with E-state index in [9.17, 15) is 0 Å². The molecule has 2 N–H and O–H groups in total. The van der Waals surface area contributed by atoms with Crippen LogP contribution in [0.1, 0.15) is 19.4 Å². The van der Waals surface area contributed by atoms with E-state index in [1.54, 1.807) is 0 Å². The number of benzene rings is 1. The maximum Gasteiger partial charge on any atom is 0.163 e. The van der Waals surface area contributed by atoms with Crippen molar-refractivity contribution in [2.45, 2.75) is 38.4 Å². The molecule has 0 saturated carbocycles. The van der Waals surface area contributed by atoms with Crippen molar-refractivity contribution < 1.29 is 14.2 Å². The molecule has 0 bridgehead atoms. The molecule has 4 nitrogen and oxygen atoms in total. The van der Waals surface area contributed by atoms with Gasteiger partial charge in [0, 0.05) is 0 Å². The van der Waals surface area contributed by atoms with Gasteiger partial charge in [-0.2, -0.15) is 0 Å². The van der Waals surface area contributed by atoms with Crippen molar-refractivity contribution in [3.8, 4) is 0 Å². The molecule has 1 fully saturated rings. The first-order chi connectivity index (χ1) is 8.57. The van der Waals surface area contributed by atoms with Gasteiger partial charge in [-0.05, 0) is 19.4 Å². The van der Waals surface area contributed by atoms with Crippen LogP contribution in [0.25, 0.3) is 0 Å². The van der Waals surface area contributed by atoms with E-state index in [1.165, 1.54) is 0 Å². The molecule has 100 valence electrons. The van der Waals surface area contributed by atoms with Crippen molar-refractivity contribution in [3.63, 3.8) is 0 Å². The molecule has 4 heteroatoms. The second kappa shape index (κ2) is 5.80. The molecule has 0 aromatic heterocycles. The third-order valence-electron chi connectivity index (χ3n) is 2.93. The van der Waals surface area contributed by atoms with Gasteiger partial charge in [0.1, 0.15) is 6.10 Å². The highest BCUT2D eigenvalue weighted by molar-refractivity contribution is 5.13. The Labute approximate surface area is 108 Å². The Morgan fingerprint density at radius 3 is 2.78 bits per heavy atom. The topological polar surface area (TPSA) is 53.7 Å². The molecule has 1 saturated heterocycles. The number of ether oxygens (including phenoxy) is 3. The zero-order valence-electron chi connectivity index (χ0n) is 11.0. The Hall–Kier alpha value is -0.940. The molecule has 0 aliphatic carbocycles. The van der Waals surface area contributed by atoms with Gasteiger partial charge in [0.05, 0.1) is 25.9 Å². The third-order valence-corrected chi connectivity index (χ3v) is 2.93. The van der Waals surface area contributed by atoms with Crippen LogP contribution in [0.2, 0.25) is 0 Å². The summed E-state index contributed by atoms with van der Waals surface area (Å²) in [6.45, 7) is 5.36. The van der Waals surface area contributed by atoms with Crippen LogP contribution in [-0.4, -0.2) is 31.1 Å². The third kappa shape index (κ3) is 3.78. The molecule has 1 aliphatic heterocycles. The molecule has 0 spiro atoms. The van der Waals surface area contributed by atoms with Gasteiger partial charge in [0.15, 0.2) is 5.79 Å². The normalized spacial score (nSPS) is 27.1. The Bertz CT molecular complexity index is 367. The largest absolute Gasteiger partial charge is 0.374 e. The van der Waals surface area contributed by atoms with Crippen LogP contribution in [-0.2, 0) is 20.8 Å². The van der Waals surface area contributed by atoms with Gasteiger partial charge in [0.2, 0.25) is 0 Å². The summed E-state index contributed by atoms with van der Waals surface area (Å²) in [6.07, 6.45) is -0.113. The summed E-state index contributed by atoms with van der Waals surface area (Å²) in [6, 6.07) is 9.93. The lowest BCUT2D eigenvalue weighted by Gasteiger charge is -2.39. The van der Waals surface area contributed by atoms with Crippen LogP contribution < -0.4 is 5.73 Å². The van der Waals surface area contributed by atoms with E-state index < -0.39 is 5.79 Å². The monoisotopic (exact) mass is 251 g/mol. The molecular weight excluding hydrogens is 230 g/mol. The highest BCUT2D eigenvalue weighted by Gasteiger charge is 2.34. The van der Waals surface area contributed by atoms with Gasteiger partial charge in [-0.25, -0.2) is 0 Å². The van der Waals surface area contributed by atoms with E-state index >= 15 is 0 Å². The summed E-state index contributed by atoms with van der Waals surface area (Å²) in [7, 11) is 0. The minimum atomic E-state index is -0.573. The summed E-state index contributed by atoms with van der Waals surface area (Å²) >= 11 is 0. The zero-order valence-corrected chi connectivity index (χ0v) is 11.0. The van der Waals surface area contributed by atoms with Gasteiger partial charge >= 0.3 is 0 Å². The number of rotatable bonds is 4. The first-order valence-corrected chi connectivity index (χ1v) is 6.26. The summed E-state index contributed by atoms with van der Waals surface area (Å²) in [5, 5.41) is 0. The predicted octanol–water partition coefficient (Wildman–Crippen LogP) is 1.68. The molecular formula is C14H21NO3. The Morgan fingerprint density at radius 2 is 2.06 bits per heavy atom. The summed E-state index contributed by atoms with van der Waals surface area (Å²) < 4.78 is 16.9. The molecule has 0 radical (unpaired) electrons. The minimum Gasteiger partial charge on any atom is -0.374 e. The molecule has 1 aromatic rings. The van der Waals surface area contributed by atoms with Crippen molar-refractivity contribution in [3.05, 3.63) is 35.9 Å². The van der Waals surface area contributed by atoms with Gasteiger partial charge in [0.25, 0.3) is 0 Å². The fourth-order valence-corrected chi connectivity index (χ4v) is 1.91. The highest BCUT2D eigenvalue weighted by Crippen LogP contribution is 2.21. The van der Waals surface area contributed by atoms with Crippen LogP contribution in [0.5, 0.6) is 0 Å². The first kappa shape index (κ1) is 13.5. The fraction of sp³-hybridized carbons (Fsp3) is 0.571.